The van der Waals surface area contributed by atoms with E-state index in [1.165, 1.54) is 0 Å². The van der Waals surface area contributed by atoms with Crippen LogP contribution in [-0.4, -0.2) is 33.9 Å². The highest BCUT2D eigenvalue weighted by molar-refractivity contribution is 6.77. The van der Waals surface area contributed by atoms with Crippen LogP contribution in [0.1, 0.15) is 62.3 Å². The molecule has 0 aliphatic rings. The highest BCUT2D eigenvalue weighted by Gasteiger charge is 2.45. The molecule has 4 heteroatoms. The van der Waals surface area contributed by atoms with Crippen molar-refractivity contribution in [3.8, 4) is 0 Å². The average molecular weight is 305 g/mol. The Morgan fingerprint density at radius 2 is 1.25 bits per heavy atom. The van der Waals surface area contributed by atoms with Crippen LogP contribution in [-0.2, 0) is 13.9 Å². The summed E-state index contributed by atoms with van der Waals surface area (Å²) in [6, 6.07) is 0. The molecule has 3 nitrogen and oxygen atoms in total. The molecule has 0 amide bonds. The third-order valence-corrected chi connectivity index (χ3v) is 10.2. The normalized spacial score (nSPS) is 16.2. The molecule has 0 N–H and O–H groups in total. The SMILES string of the molecule is CCOC(C)O[C@@H](C)CO[Si](C(C)C)(C(C)C)C(C)C. The van der Waals surface area contributed by atoms with Crippen LogP contribution in [0.2, 0.25) is 16.6 Å². The molecule has 0 aromatic carbocycles. The average Bonchev–Trinajstić information content (AvgIpc) is 2.28. The van der Waals surface area contributed by atoms with E-state index in [9.17, 15) is 0 Å². The van der Waals surface area contributed by atoms with Crippen LogP contribution in [0.25, 0.3) is 0 Å². The number of hydrogen-bond acceptors (Lipinski definition) is 3. The minimum absolute atomic E-state index is 0.0691. The van der Waals surface area contributed by atoms with Crippen molar-refractivity contribution in [2.75, 3.05) is 13.2 Å². The fourth-order valence-electron chi connectivity index (χ4n) is 3.40. The molecule has 0 aromatic rings. The Hall–Kier alpha value is 0.0969. The number of ether oxygens (including phenoxy) is 2. The van der Waals surface area contributed by atoms with Gasteiger partial charge in [0.2, 0.25) is 0 Å². The fraction of sp³-hybridized carbons (Fsp3) is 1.00. The molecule has 0 aliphatic heterocycles. The second-order valence-electron chi connectivity index (χ2n) is 6.60. The van der Waals surface area contributed by atoms with Crippen LogP contribution < -0.4 is 0 Å². The second kappa shape index (κ2) is 9.18. The van der Waals surface area contributed by atoms with E-state index < -0.39 is 8.32 Å². The van der Waals surface area contributed by atoms with E-state index in [0.29, 0.717) is 29.8 Å². The van der Waals surface area contributed by atoms with Gasteiger partial charge in [-0.1, -0.05) is 41.5 Å². The lowest BCUT2D eigenvalue weighted by Gasteiger charge is -2.42. The van der Waals surface area contributed by atoms with Crippen LogP contribution in [0.3, 0.4) is 0 Å². The largest absolute Gasteiger partial charge is 0.413 e. The third kappa shape index (κ3) is 5.47. The van der Waals surface area contributed by atoms with Gasteiger partial charge in [0.15, 0.2) is 14.6 Å². The Balaban J connectivity index is 4.62. The van der Waals surface area contributed by atoms with Crippen LogP contribution >= 0.6 is 0 Å². The van der Waals surface area contributed by atoms with Gasteiger partial charge in [0, 0.05) is 6.61 Å². The van der Waals surface area contributed by atoms with Gasteiger partial charge >= 0.3 is 0 Å². The fourth-order valence-corrected chi connectivity index (χ4v) is 8.93. The van der Waals surface area contributed by atoms with Crippen LogP contribution in [0.4, 0.5) is 0 Å². The molecule has 0 aliphatic carbocycles. The van der Waals surface area contributed by atoms with Crippen molar-refractivity contribution in [1.82, 2.24) is 0 Å². The van der Waals surface area contributed by atoms with Crippen molar-refractivity contribution < 1.29 is 13.9 Å². The number of hydrogen-bond donors (Lipinski definition) is 0. The predicted molar refractivity (Wildman–Crippen MR) is 88.6 cm³/mol. The highest BCUT2D eigenvalue weighted by atomic mass is 28.4. The maximum atomic E-state index is 6.51. The number of rotatable bonds is 10. The lowest BCUT2D eigenvalue weighted by atomic mass is 10.4. The van der Waals surface area contributed by atoms with E-state index in [-0.39, 0.29) is 12.4 Å². The van der Waals surface area contributed by atoms with Gasteiger partial charge < -0.3 is 13.9 Å². The van der Waals surface area contributed by atoms with Gasteiger partial charge in [-0.25, -0.2) is 0 Å². The summed E-state index contributed by atoms with van der Waals surface area (Å²) in [7, 11) is -1.78. The van der Waals surface area contributed by atoms with E-state index in [2.05, 4.69) is 48.5 Å². The van der Waals surface area contributed by atoms with Crippen LogP contribution in [0.5, 0.6) is 0 Å². The molecule has 0 heterocycles. The zero-order valence-corrected chi connectivity index (χ0v) is 16.0. The standard InChI is InChI=1S/C16H36O3Si/c1-10-17-16(9)19-15(8)11-18-20(12(2)3,13(4)5)14(6)7/h12-16H,10-11H2,1-9H3/t15-,16?/m0/s1. The summed E-state index contributed by atoms with van der Waals surface area (Å²) in [6.07, 6.45) is -0.0912. The summed E-state index contributed by atoms with van der Waals surface area (Å²) in [6.45, 7) is 21.2. The molecule has 0 bridgehead atoms. The van der Waals surface area contributed by atoms with Gasteiger partial charge in [0.25, 0.3) is 0 Å². The summed E-state index contributed by atoms with van der Waals surface area (Å²) in [5.41, 5.74) is 1.83. The van der Waals surface area contributed by atoms with Crippen LogP contribution in [0.15, 0.2) is 0 Å². The molecule has 0 radical (unpaired) electrons. The maximum absolute atomic E-state index is 6.51. The van der Waals surface area contributed by atoms with Gasteiger partial charge in [0.05, 0.1) is 12.7 Å². The molecule has 1 unspecified atom stereocenters. The Kier molecular flexibility index (Phi) is 9.23. The Morgan fingerprint density at radius 1 is 0.800 bits per heavy atom. The summed E-state index contributed by atoms with van der Waals surface area (Å²) >= 11 is 0. The van der Waals surface area contributed by atoms with Crippen molar-refractivity contribution in [3.05, 3.63) is 0 Å². The molecule has 122 valence electrons. The van der Waals surface area contributed by atoms with Crippen molar-refractivity contribution in [3.63, 3.8) is 0 Å². The van der Waals surface area contributed by atoms with Gasteiger partial charge in [-0.05, 0) is 37.4 Å². The minimum atomic E-state index is -1.78. The minimum Gasteiger partial charge on any atom is -0.413 e. The van der Waals surface area contributed by atoms with Crippen molar-refractivity contribution in [1.29, 1.82) is 0 Å². The van der Waals surface area contributed by atoms with E-state index in [1.807, 2.05) is 13.8 Å². The Bertz CT molecular complexity index is 232. The molecule has 0 aromatic heterocycles. The zero-order valence-electron chi connectivity index (χ0n) is 15.0. The summed E-state index contributed by atoms with van der Waals surface area (Å²) in [5, 5.41) is 0. The van der Waals surface area contributed by atoms with Crippen molar-refractivity contribution in [2.45, 2.75) is 91.3 Å². The molecule has 0 fully saturated rings. The van der Waals surface area contributed by atoms with E-state index in [1.54, 1.807) is 0 Å². The second-order valence-corrected chi connectivity index (χ2v) is 12.1. The molecule has 0 saturated heterocycles. The monoisotopic (exact) mass is 304 g/mol. The van der Waals surface area contributed by atoms with E-state index in [4.69, 9.17) is 13.9 Å². The molecule has 20 heavy (non-hydrogen) atoms. The van der Waals surface area contributed by atoms with E-state index in [0.717, 1.165) is 0 Å². The first-order chi connectivity index (χ1) is 9.18. The van der Waals surface area contributed by atoms with Gasteiger partial charge in [0.1, 0.15) is 0 Å². The maximum Gasteiger partial charge on any atom is 0.200 e. The zero-order chi connectivity index (χ0) is 15.9. The molecule has 0 spiro atoms. The summed E-state index contributed by atoms with van der Waals surface area (Å²) in [4.78, 5) is 0. The van der Waals surface area contributed by atoms with Crippen molar-refractivity contribution in [2.24, 2.45) is 0 Å². The van der Waals surface area contributed by atoms with Gasteiger partial charge in [-0.3, -0.25) is 0 Å². The van der Waals surface area contributed by atoms with E-state index >= 15 is 0 Å². The predicted octanol–water partition coefficient (Wildman–Crippen LogP) is 4.97. The van der Waals surface area contributed by atoms with Gasteiger partial charge in [-0.2, -0.15) is 0 Å². The highest BCUT2D eigenvalue weighted by Crippen LogP contribution is 2.42. The molecule has 0 rings (SSSR count). The Labute approximate surface area is 127 Å². The lowest BCUT2D eigenvalue weighted by Crippen LogP contribution is -2.49. The molecule has 0 saturated carbocycles. The van der Waals surface area contributed by atoms with Crippen LogP contribution in [0, 0.1) is 0 Å². The Morgan fingerprint density at radius 3 is 1.60 bits per heavy atom. The van der Waals surface area contributed by atoms with Crippen molar-refractivity contribution >= 4 is 8.32 Å². The first-order valence-corrected chi connectivity index (χ1v) is 10.2. The molecular weight excluding hydrogens is 268 g/mol. The smallest absolute Gasteiger partial charge is 0.200 e. The first kappa shape index (κ1) is 20.1. The molecule has 2 atom stereocenters. The summed E-state index contributed by atoms with van der Waals surface area (Å²) < 4.78 is 17.7. The first-order valence-electron chi connectivity index (χ1n) is 8.09. The lowest BCUT2D eigenvalue weighted by molar-refractivity contribution is -0.159. The summed E-state index contributed by atoms with van der Waals surface area (Å²) in [5.74, 6) is 0. The quantitative estimate of drug-likeness (QED) is 0.421. The van der Waals surface area contributed by atoms with Gasteiger partial charge in [-0.15, -0.1) is 0 Å². The molecular formula is C16H36O3Si. The topological polar surface area (TPSA) is 27.7 Å². The third-order valence-electron chi connectivity index (χ3n) is 4.10.